The molecule has 0 atom stereocenters. The molecule has 1 aromatic carbocycles. The Labute approximate surface area is 118 Å². The van der Waals surface area contributed by atoms with E-state index < -0.39 is 0 Å². The van der Waals surface area contributed by atoms with E-state index in [1.165, 1.54) is 0 Å². The fourth-order valence-electron chi connectivity index (χ4n) is 3.40. The highest BCUT2D eigenvalue weighted by atomic mass is 35.5. The quantitative estimate of drug-likeness (QED) is 0.788. The van der Waals surface area contributed by atoms with Crippen LogP contribution in [0.2, 0.25) is 5.02 Å². The van der Waals surface area contributed by atoms with Gasteiger partial charge in [-0.05, 0) is 31.4 Å². The van der Waals surface area contributed by atoms with Gasteiger partial charge in [0, 0.05) is 28.1 Å². The maximum absolute atomic E-state index is 12.9. The largest absolute Gasteiger partial charge is 0.360 e. The average Bonchev–Trinajstić information content (AvgIpc) is 3.06. The number of nitrogens with one attached hydrogen (secondary N) is 1. The van der Waals surface area contributed by atoms with Crippen LogP contribution in [0.5, 0.6) is 0 Å². The summed E-state index contributed by atoms with van der Waals surface area (Å²) >= 11 is 6.27. The van der Waals surface area contributed by atoms with Crippen molar-refractivity contribution in [2.75, 3.05) is 0 Å². The van der Waals surface area contributed by atoms with Gasteiger partial charge in [0.1, 0.15) is 0 Å². The number of aromatic nitrogens is 1. The highest BCUT2D eigenvalue weighted by Crippen LogP contribution is 2.45. The number of aromatic amines is 1. The second kappa shape index (κ2) is 4.68. The lowest BCUT2D eigenvalue weighted by Gasteiger charge is -2.25. The number of halogens is 1. The molecular formula is C16H18ClNO. The van der Waals surface area contributed by atoms with E-state index in [0.717, 1.165) is 48.6 Å². The molecule has 0 spiro atoms. The van der Waals surface area contributed by atoms with Crippen LogP contribution in [0.1, 0.15) is 49.4 Å². The molecule has 1 N–H and O–H groups in total. The van der Waals surface area contributed by atoms with Crippen LogP contribution in [0.25, 0.3) is 10.9 Å². The van der Waals surface area contributed by atoms with E-state index in [4.69, 9.17) is 11.6 Å². The molecule has 0 amide bonds. The first-order valence-electron chi connectivity index (χ1n) is 6.98. The molecule has 1 aliphatic rings. The van der Waals surface area contributed by atoms with Gasteiger partial charge in [0.25, 0.3) is 0 Å². The Bertz CT molecular complexity index is 623. The number of hydrogen-bond donors (Lipinski definition) is 1. The molecule has 0 saturated heterocycles. The highest BCUT2D eigenvalue weighted by Gasteiger charge is 2.40. The van der Waals surface area contributed by atoms with Crippen LogP contribution in [0.15, 0.2) is 24.4 Å². The average molecular weight is 276 g/mol. The van der Waals surface area contributed by atoms with Crippen molar-refractivity contribution in [3.05, 3.63) is 35.0 Å². The lowest BCUT2D eigenvalue weighted by Crippen LogP contribution is -2.27. The van der Waals surface area contributed by atoms with E-state index in [9.17, 15) is 4.79 Å². The van der Waals surface area contributed by atoms with E-state index in [0.29, 0.717) is 5.02 Å². The van der Waals surface area contributed by atoms with Gasteiger partial charge in [0.05, 0.1) is 5.02 Å². The van der Waals surface area contributed by atoms with E-state index in [2.05, 4.69) is 11.9 Å². The van der Waals surface area contributed by atoms with Crippen LogP contribution in [-0.2, 0) is 0 Å². The molecular weight excluding hydrogens is 258 g/mol. The van der Waals surface area contributed by atoms with Gasteiger partial charge in [-0.1, -0.05) is 37.4 Å². The highest BCUT2D eigenvalue weighted by molar-refractivity contribution is 6.37. The van der Waals surface area contributed by atoms with Crippen molar-refractivity contribution >= 4 is 28.3 Å². The first kappa shape index (κ1) is 12.7. The van der Waals surface area contributed by atoms with Gasteiger partial charge < -0.3 is 4.98 Å². The first-order valence-corrected chi connectivity index (χ1v) is 7.36. The number of carbonyl (C=O) groups is 1. The molecule has 2 aromatic rings. The standard InChI is InChI=1S/C16H18ClNO/c1-2-16(8-3-4-9-16)15(19)11-10-18-13-7-5-6-12(17)14(11)13/h5-7,10,18H,2-4,8-9H2,1H3. The fraction of sp³-hybridized carbons (Fsp3) is 0.438. The van der Waals surface area contributed by atoms with Crippen molar-refractivity contribution < 1.29 is 4.79 Å². The van der Waals surface area contributed by atoms with Crippen molar-refractivity contribution in [3.63, 3.8) is 0 Å². The molecule has 0 aliphatic heterocycles. The number of hydrogen-bond acceptors (Lipinski definition) is 1. The first-order chi connectivity index (χ1) is 9.18. The minimum absolute atomic E-state index is 0.158. The molecule has 1 aromatic heterocycles. The zero-order chi connectivity index (χ0) is 13.5. The van der Waals surface area contributed by atoms with Gasteiger partial charge in [0.2, 0.25) is 0 Å². The van der Waals surface area contributed by atoms with Crippen LogP contribution in [0.3, 0.4) is 0 Å². The number of rotatable bonds is 3. The molecule has 0 bridgehead atoms. The van der Waals surface area contributed by atoms with E-state index in [1.54, 1.807) is 0 Å². The maximum Gasteiger partial charge on any atom is 0.171 e. The van der Waals surface area contributed by atoms with Gasteiger partial charge in [-0.25, -0.2) is 0 Å². The molecule has 1 saturated carbocycles. The van der Waals surface area contributed by atoms with Gasteiger partial charge in [-0.15, -0.1) is 0 Å². The Morgan fingerprint density at radius 1 is 1.37 bits per heavy atom. The van der Waals surface area contributed by atoms with Crippen molar-refractivity contribution in [2.45, 2.75) is 39.0 Å². The van der Waals surface area contributed by atoms with E-state index in [-0.39, 0.29) is 11.2 Å². The molecule has 19 heavy (non-hydrogen) atoms. The molecule has 1 heterocycles. The van der Waals surface area contributed by atoms with E-state index in [1.807, 2.05) is 24.4 Å². The van der Waals surface area contributed by atoms with Crippen molar-refractivity contribution in [1.29, 1.82) is 0 Å². The van der Waals surface area contributed by atoms with Gasteiger partial charge >= 0.3 is 0 Å². The number of H-pyrrole nitrogens is 1. The second-order valence-electron chi connectivity index (χ2n) is 5.53. The summed E-state index contributed by atoms with van der Waals surface area (Å²) in [6.07, 6.45) is 7.10. The van der Waals surface area contributed by atoms with Crippen molar-refractivity contribution in [2.24, 2.45) is 5.41 Å². The predicted octanol–water partition coefficient (Wildman–Crippen LogP) is 4.97. The summed E-state index contributed by atoms with van der Waals surface area (Å²) in [5.74, 6) is 0.270. The molecule has 3 heteroatoms. The molecule has 0 radical (unpaired) electrons. The molecule has 3 rings (SSSR count). The van der Waals surface area contributed by atoms with Crippen molar-refractivity contribution in [3.8, 4) is 0 Å². The topological polar surface area (TPSA) is 32.9 Å². The minimum atomic E-state index is -0.158. The number of ketones is 1. The van der Waals surface area contributed by atoms with Crippen LogP contribution in [0.4, 0.5) is 0 Å². The summed E-state index contributed by atoms with van der Waals surface area (Å²) in [5.41, 5.74) is 1.55. The van der Waals surface area contributed by atoms with E-state index >= 15 is 0 Å². The fourth-order valence-corrected chi connectivity index (χ4v) is 3.67. The van der Waals surface area contributed by atoms with Crippen LogP contribution in [0, 0.1) is 5.41 Å². The second-order valence-corrected chi connectivity index (χ2v) is 5.94. The third-order valence-electron chi connectivity index (χ3n) is 4.62. The number of Topliss-reactive ketones (excluding diaryl/α,β-unsaturated/α-hetero) is 1. The zero-order valence-corrected chi connectivity index (χ0v) is 11.9. The third-order valence-corrected chi connectivity index (χ3v) is 4.93. The Hall–Kier alpha value is -1.28. The van der Waals surface area contributed by atoms with Crippen LogP contribution < -0.4 is 0 Å². The monoisotopic (exact) mass is 275 g/mol. The smallest absolute Gasteiger partial charge is 0.171 e. The van der Waals surface area contributed by atoms with Crippen LogP contribution >= 0.6 is 11.6 Å². The summed E-state index contributed by atoms with van der Waals surface area (Å²) in [4.78, 5) is 16.1. The molecule has 100 valence electrons. The number of fused-ring (bicyclic) bond motifs is 1. The Kier molecular flexibility index (Phi) is 3.14. The van der Waals surface area contributed by atoms with Gasteiger partial charge in [-0.2, -0.15) is 0 Å². The third kappa shape index (κ3) is 1.90. The number of carbonyl (C=O) groups excluding carboxylic acids is 1. The molecule has 2 nitrogen and oxygen atoms in total. The zero-order valence-electron chi connectivity index (χ0n) is 11.1. The Morgan fingerprint density at radius 2 is 2.11 bits per heavy atom. The molecule has 1 aliphatic carbocycles. The predicted molar refractivity (Wildman–Crippen MR) is 78.8 cm³/mol. The minimum Gasteiger partial charge on any atom is -0.360 e. The molecule has 0 unspecified atom stereocenters. The summed E-state index contributed by atoms with van der Waals surface area (Å²) in [6, 6.07) is 5.72. The Morgan fingerprint density at radius 3 is 2.79 bits per heavy atom. The lowest BCUT2D eigenvalue weighted by molar-refractivity contribution is 0.0793. The summed E-state index contributed by atoms with van der Waals surface area (Å²) < 4.78 is 0. The van der Waals surface area contributed by atoms with Crippen molar-refractivity contribution in [1.82, 2.24) is 4.98 Å². The summed E-state index contributed by atoms with van der Waals surface area (Å²) in [6.45, 7) is 2.12. The maximum atomic E-state index is 12.9. The SMILES string of the molecule is CCC1(C(=O)c2c[nH]c3cccc(Cl)c23)CCCC1. The number of benzene rings is 1. The molecule has 1 fully saturated rings. The normalized spacial score (nSPS) is 18.0. The summed E-state index contributed by atoms with van der Waals surface area (Å²) in [7, 11) is 0. The summed E-state index contributed by atoms with van der Waals surface area (Å²) in [5, 5.41) is 1.54. The van der Waals surface area contributed by atoms with Gasteiger partial charge in [0.15, 0.2) is 5.78 Å². The lowest BCUT2D eigenvalue weighted by atomic mass is 9.76. The Balaban J connectivity index is 2.12. The van der Waals surface area contributed by atoms with Crippen LogP contribution in [-0.4, -0.2) is 10.8 Å². The van der Waals surface area contributed by atoms with Gasteiger partial charge in [-0.3, -0.25) is 4.79 Å².